The highest BCUT2D eigenvalue weighted by molar-refractivity contribution is 7.98. The van der Waals surface area contributed by atoms with Gasteiger partial charge in [0.2, 0.25) is 5.91 Å². The third-order valence-corrected chi connectivity index (χ3v) is 2.28. The Morgan fingerprint density at radius 1 is 1.21 bits per heavy atom. The first-order valence-electron chi connectivity index (χ1n) is 5.02. The molecule has 84 valence electrons. The minimum Gasteiger partial charge on any atom is -0.353 e. The molecular weight excluding hydrogens is 196 g/mol. The Morgan fingerprint density at radius 3 is 2.14 bits per heavy atom. The van der Waals surface area contributed by atoms with Crippen molar-refractivity contribution in [2.75, 3.05) is 12.0 Å². The fourth-order valence-corrected chi connectivity index (χ4v) is 1.73. The Labute approximate surface area is 91.4 Å². The molecule has 1 unspecified atom stereocenters. The van der Waals surface area contributed by atoms with Crippen molar-refractivity contribution in [3.05, 3.63) is 0 Å². The van der Waals surface area contributed by atoms with E-state index in [9.17, 15) is 4.79 Å². The molecule has 1 atom stereocenters. The Balaban J connectivity index is 4.10. The second kappa shape index (κ2) is 7.12. The SMILES string of the molecule is CSCC(NC(C)C)C(=O)NC(C)C. The molecular formula is C10H22N2OS. The van der Waals surface area contributed by atoms with E-state index in [1.54, 1.807) is 11.8 Å². The monoisotopic (exact) mass is 218 g/mol. The molecule has 0 radical (unpaired) electrons. The van der Waals surface area contributed by atoms with E-state index in [1.165, 1.54) is 0 Å². The lowest BCUT2D eigenvalue weighted by molar-refractivity contribution is -0.123. The maximum Gasteiger partial charge on any atom is 0.238 e. The minimum absolute atomic E-state index is 0.0765. The third-order valence-electron chi connectivity index (χ3n) is 1.62. The molecule has 2 N–H and O–H groups in total. The van der Waals surface area contributed by atoms with Crippen LogP contribution < -0.4 is 10.6 Å². The van der Waals surface area contributed by atoms with Crippen molar-refractivity contribution in [1.29, 1.82) is 0 Å². The van der Waals surface area contributed by atoms with Crippen LogP contribution in [-0.2, 0) is 4.79 Å². The van der Waals surface area contributed by atoms with Gasteiger partial charge >= 0.3 is 0 Å². The van der Waals surface area contributed by atoms with Gasteiger partial charge in [-0.1, -0.05) is 13.8 Å². The van der Waals surface area contributed by atoms with Crippen molar-refractivity contribution in [2.24, 2.45) is 0 Å². The second-order valence-electron chi connectivity index (χ2n) is 3.99. The number of carbonyl (C=O) groups excluding carboxylic acids is 1. The lowest BCUT2D eigenvalue weighted by atomic mass is 10.2. The number of hydrogen-bond donors (Lipinski definition) is 2. The summed E-state index contributed by atoms with van der Waals surface area (Å²) < 4.78 is 0. The molecule has 0 aromatic rings. The molecule has 0 rings (SSSR count). The number of amides is 1. The average molecular weight is 218 g/mol. The molecule has 0 saturated heterocycles. The number of rotatable bonds is 6. The minimum atomic E-state index is -0.0765. The molecule has 0 aliphatic rings. The van der Waals surface area contributed by atoms with Crippen LogP contribution in [-0.4, -0.2) is 36.0 Å². The van der Waals surface area contributed by atoms with Crippen LogP contribution in [0.4, 0.5) is 0 Å². The molecule has 0 fully saturated rings. The van der Waals surface area contributed by atoms with E-state index in [1.807, 2.05) is 20.1 Å². The van der Waals surface area contributed by atoms with Crippen molar-refractivity contribution >= 4 is 17.7 Å². The van der Waals surface area contributed by atoms with Gasteiger partial charge in [0.25, 0.3) is 0 Å². The quantitative estimate of drug-likeness (QED) is 0.705. The van der Waals surface area contributed by atoms with E-state index < -0.39 is 0 Å². The van der Waals surface area contributed by atoms with Crippen LogP contribution in [0.15, 0.2) is 0 Å². The zero-order valence-corrected chi connectivity index (χ0v) is 10.6. The van der Waals surface area contributed by atoms with Gasteiger partial charge in [-0.05, 0) is 20.1 Å². The van der Waals surface area contributed by atoms with E-state index in [4.69, 9.17) is 0 Å². The van der Waals surface area contributed by atoms with Crippen molar-refractivity contribution in [1.82, 2.24) is 10.6 Å². The highest BCUT2D eigenvalue weighted by Gasteiger charge is 2.18. The van der Waals surface area contributed by atoms with Crippen molar-refractivity contribution in [3.8, 4) is 0 Å². The van der Waals surface area contributed by atoms with Gasteiger partial charge in [0.1, 0.15) is 0 Å². The predicted molar refractivity (Wildman–Crippen MR) is 63.7 cm³/mol. The fourth-order valence-electron chi connectivity index (χ4n) is 1.15. The van der Waals surface area contributed by atoms with Gasteiger partial charge in [-0.25, -0.2) is 0 Å². The third kappa shape index (κ3) is 6.27. The van der Waals surface area contributed by atoms with Gasteiger partial charge in [-0.15, -0.1) is 0 Å². The normalized spacial score (nSPS) is 13.4. The first-order chi connectivity index (χ1) is 6.47. The van der Waals surface area contributed by atoms with Gasteiger partial charge in [-0.2, -0.15) is 11.8 Å². The van der Waals surface area contributed by atoms with Crippen LogP contribution >= 0.6 is 11.8 Å². The van der Waals surface area contributed by atoms with Crippen LogP contribution in [0.3, 0.4) is 0 Å². The van der Waals surface area contributed by atoms with Gasteiger partial charge < -0.3 is 10.6 Å². The summed E-state index contributed by atoms with van der Waals surface area (Å²) in [7, 11) is 0. The lowest BCUT2D eigenvalue weighted by Crippen LogP contribution is -2.50. The standard InChI is InChI=1S/C10H22N2OS/c1-7(2)11-9(6-14-5)10(13)12-8(3)4/h7-9,11H,6H2,1-5H3,(H,12,13). The Morgan fingerprint density at radius 2 is 1.79 bits per heavy atom. The zero-order chi connectivity index (χ0) is 11.1. The molecule has 4 heteroatoms. The second-order valence-corrected chi connectivity index (χ2v) is 4.90. The molecule has 1 amide bonds. The van der Waals surface area contributed by atoms with E-state index >= 15 is 0 Å². The Bertz CT molecular complexity index is 172. The molecule has 0 aromatic heterocycles. The Hall–Kier alpha value is -0.220. The van der Waals surface area contributed by atoms with Crippen molar-refractivity contribution in [3.63, 3.8) is 0 Å². The molecule has 0 aliphatic heterocycles. The van der Waals surface area contributed by atoms with Crippen LogP contribution in [0, 0.1) is 0 Å². The summed E-state index contributed by atoms with van der Waals surface area (Å²) in [5.74, 6) is 0.916. The van der Waals surface area contributed by atoms with Crippen LogP contribution in [0.25, 0.3) is 0 Å². The van der Waals surface area contributed by atoms with Crippen molar-refractivity contribution < 1.29 is 4.79 Å². The molecule has 0 aromatic carbocycles. The smallest absolute Gasteiger partial charge is 0.238 e. The average Bonchev–Trinajstić information content (AvgIpc) is 2.01. The maximum absolute atomic E-state index is 11.7. The summed E-state index contributed by atoms with van der Waals surface area (Å²) in [6.45, 7) is 8.05. The largest absolute Gasteiger partial charge is 0.353 e. The number of hydrogen-bond acceptors (Lipinski definition) is 3. The lowest BCUT2D eigenvalue weighted by Gasteiger charge is -2.21. The summed E-state index contributed by atoms with van der Waals surface area (Å²) in [5.41, 5.74) is 0. The van der Waals surface area contributed by atoms with E-state index in [0.29, 0.717) is 6.04 Å². The van der Waals surface area contributed by atoms with E-state index in [-0.39, 0.29) is 18.0 Å². The molecule has 0 spiro atoms. The number of nitrogens with one attached hydrogen (secondary N) is 2. The first-order valence-corrected chi connectivity index (χ1v) is 6.42. The Kier molecular flexibility index (Phi) is 7.01. The van der Waals surface area contributed by atoms with E-state index in [2.05, 4.69) is 24.5 Å². The highest BCUT2D eigenvalue weighted by Crippen LogP contribution is 1.99. The van der Waals surface area contributed by atoms with Crippen LogP contribution in [0.1, 0.15) is 27.7 Å². The van der Waals surface area contributed by atoms with E-state index in [0.717, 1.165) is 5.75 Å². The topological polar surface area (TPSA) is 41.1 Å². The molecule has 14 heavy (non-hydrogen) atoms. The highest BCUT2D eigenvalue weighted by atomic mass is 32.2. The zero-order valence-electron chi connectivity index (χ0n) is 9.76. The summed E-state index contributed by atoms with van der Waals surface area (Å²) in [5, 5.41) is 6.17. The van der Waals surface area contributed by atoms with Gasteiger partial charge in [-0.3, -0.25) is 4.79 Å². The predicted octanol–water partition coefficient (Wildman–Crippen LogP) is 1.24. The molecule has 0 bridgehead atoms. The first kappa shape index (κ1) is 13.8. The summed E-state index contributed by atoms with van der Waals surface area (Å²) >= 11 is 1.68. The summed E-state index contributed by atoms with van der Waals surface area (Å²) in [4.78, 5) is 11.7. The van der Waals surface area contributed by atoms with Gasteiger partial charge in [0.05, 0.1) is 6.04 Å². The van der Waals surface area contributed by atoms with Gasteiger partial charge in [0, 0.05) is 17.8 Å². The van der Waals surface area contributed by atoms with Crippen LogP contribution in [0.5, 0.6) is 0 Å². The molecule has 3 nitrogen and oxygen atoms in total. The van der Waals surface area contributed by atoms with Gasteiger partial charge in [0.15, 0.2) is 0 Å². The number of thioether (sulfide) groups is 1. The fraction of sp³-hybridized carbons (Fsp3) is 0.900. The van der Waals surface area contributed by atoms with Crippen molar-refractivity contribution in [2.45, 2.75) is 45.8 Å². The summed E-state index contributed by atoms with van der Waals surface area (Å²) in [6.07, 6.45) is 2.01. The summed E-state index contributed by atoms with van der Waals surface area (Å²) in [6, 6.07) is 0.471. The molecule has 0 heterocycles. The number of carbonyl (C=O) groups is 1. The maximum atomic E-state index is 11.7. The van der Waals surface area contributed by atoms with Crippen LogP contribution in [0.2, 0.25) is 0 Å². The molecule has 0 saturated carbocycles. The molecule has 0 aliphatic carbocycles.